The number of methoxy groups -OCH3 is 1. The van der Waals surface area contributed by atoms with Gasteiger partial charge in [0, 0.05) is 6.54 Å². The molecular formula is C19H30N4O5. The molecule has 1 aliphatic rings. The van der Waals surface area contributed by atoms with Gasteiger partial charge in [-0.25, -0.2) is 4.79 Å². The van der Waals surface area contributed by atoms with Crippen molar-refractivity contribution in [2.24, 2.45) is 5.28 Å². The van der Waals surface area contributed by atoms with Crippen molar-refractivity contribution >= 4 is 6.09 Å². The molecule has 0 aromatic heterocycles. The molecule has 2 N–H and O–H groups in total. The molecule has 0 spiro atoms. The number of rotatable bonds is 8. The van der Waals surface area contributed by atoms with Gasteiger partial charge in [-0.1, -0.05) is 12.1 Å². The third-order valence-corrected chi connectivity index (χ3v) is 4.82. The minimum Gasteiger partial charge on any atom is -0.569 e. The van der Waals surface area contributed by atoms with Crippen LogP contribution in [0.3, 0.4) is 0 Å². The van der Waals surface area contributed by atoms with E-state index in [1.165, 1.54) is 10.6 Å². The molecule has 0 radical (unpaired) electrons. The summed E-state index contributed by atoms with van der Waals surface area (Å²) in [4.78, 5) is 16.5. The first-order valence-corrected chi connectivity index (χ1v) is 9.43. The Kier molecular flexibility index (Phi) is 7.31. The minimum atomic E-state index is -1.13. The number of nitrogens with one attached hydrogen (secondary N) is 1. The Hall–Kier alpha value is -2.71. The van der Waals surface area contributed by atoms with Gasteiger partial charge in [0.05, 0.1) is 24.2 Å². The molecule has 0 aliphatic heterocycles. The number of hydrazine groups is 1. The van der Waals surface area contributed by atoms with Gasteiger partial charge in [0.2, 0.25) is 5.28 Å². The van der Waals surface area contributed by atoms with Gasteiger partial charge in [-0.3, -0.25) is 0 Å². The SMILES string of the molecule is COc1ccc([C@@H]2CC[C@H](O/N=[N+](\[O-])N(CCNC(=O)O)C(C)(C)C)C2)cc1. The largest absolute Gasteiger partial charge is 0.569 e. The van der Waals surface area contributed by atoms with Crippen molar-refractivity contribution in [1.82, 2.24) is 10.3 Å². The van der Waals surface area contributed by atoms with Crippen molar-refractivity contribution in [2.45, 2.75) is 57.6 Å². The fourth-order valence-electron chi connectivity index (χ4n) is 3.31. The van der Waals surface area contributed by atoms with Crippen LogP contribution in [0.5, 0.6) is 5.75 Å². The van der Waals surface area contributed by atoms with Crippen molar-refractivity contribution in [1.29, 1.82) is 0 Å². The Balaban J connectivity index is 1.92. The van der Waals surface area contributed by atoms with Crippen LogP contribution in [0.2, 0.25) is 0 Å². The van der Waals surface area contributed by atoms with E-state index in [2.05, 4.69) is 22.7 Å². The zero-order valence-corrected chi connectivity index (χ0v) is 16.9. The van der Waals surface area contributed by atoms with E-state index in [1.807, 2.05) is 32.9 Å². The standard InChI is InChI=1S/C19H30N4O5/c1-19(2,3)22(12-11-20-18(24)25)23(26)21-28-17-10-7-15(13-17)14-5-8-16(27-4)9-6-14/h5-6,8-9,15,17,20H,7,10-13H2,1-4H3,(H,24,25)/b23-21-/t15-,17+/m1/s1. The Bertz CT molecular complexity index is 672. The van der Waals surface area contributed by atoms with E-state index in [0.29, 0.717) is 10.9 Å². The van der Waals surface area contributed by atoms with Gasteiger partial charge in [-0.05, 0) is 63.6 Å². The quantitative estimate of drug-likeness (QED) is 0.397. The second kappa shape index (κ2) is 9.48. The highest BCUT2D eigenvalue weighted by Crippen LogP contribution is 2.36. The number of amides is 1. The topological polar surface area (TPSA) is 109 Å². The van der Waals surface area contributed by atoms with Crippen molar-refractivity contribution in [2.75, 3.05) is 20.2 Å². The second-order valence-electron chi connectivity index (χ2n) is 7.87. The number of nitrogens with zero attached hydrogens (tertiary/aromatic N) is 3. The summed E-state index contributed by atoms with van der Waals surface area (Å²) >= 11 is 0. The molecule has 156 valence electrons. The molecule has 0 bridgehead atoms. The van der Waals surface area contributed by atoms with Crippen LogP contribution in [0.25, 0.3) is 0 Å². The molecule has 1 aliphatic carbocycles. The molecule has 1 fully saturated rings. The summed E-state index contributed by atoms with van der Waals surface area (Å²) in [6.45, 7) is 5.85. The lowest BCUT2D eigenvalue weighted by Crippen LogP contribution is -2.49. The molecule has 2 rings (SSSR count). The summed E-state index contributed by atoms with van der Waals surface area (Å²) in [5.41, 5.74) is 0.692. The molecule has 1 aromatic rings. The third-order valence-electron chi connectivity index (χ3n) is 4.82. The van der Waals surface area contributed by atoms with Gasteiger partial charge in [-0.15, -0.1) is 5.01 Å². The average Bonchev–Trinajstić information content (AvgIpc) is 3.11. The molecule has 1 amide bonds. The molecule has 0 saturated heterocycles. The van der Waals surface area contributed by atoms with Crippen LogP contribution in [-0.2, 0) is 4.84 Å². The molecule has 0 unspecified atom stereocenters. The van der Waals surface area contributed by atoms with E-state index >= 15 is 0 Å². The molecular weight excluding hydrogens is 364 g/mol. The van der Waals surface area contributed by atoms with Crippen molar-refractivity contribution in [3.63, 3.8) is 0 Å². The minimum absolute atomic E-state index is 0.115. The molecule has 9 nitrogen and oxygen atoms in total. The number of benzene rings is 1. The maximum Gasteiger partial charge on any atom is 0.404 e. The maximum atomic E-state index is 12.4. The van der Waals surface area contributed by atoms with Crippen molar-refractivity contribution in [3.8, 4) is 5.75 Å². The summed E-state index contributed by atoms with van der Waals surface area (Å²) in [6, 6.07) is 8.00. The number of ether oxygens (including phenoxy) is 1. The number of carbonyl (C=O) groups is 1. The third kappa shape index (κ3) is 6.17. The fourth-order valence-corrected chi connectivity index (χ4v) is 3.31. The van der Waals surface area contributed by atoms with Crippen LogP contribution >= 0.6 is 0 Å². The summed E-state index contributed by atoms with van der Waals surface area (Å²) in [7, 11) is 1.64. The Labute approximate surface area is 165 Å². The maximum absolute atomic E-state index is 12.4. The van der Waals surface area contributed by atoms with Gasteiger partial charge < -0.3 is 25.2 Å². The van der Waals surface area contributed by atoms with Crippen LogP contribution in [0.15, 0.2) is 29.5 Å². The number of hydrogen-bond donors (Lipinski definition) is 2. The highest BCUT2D eigenvalue weighted by Gasteiger charge is 2.31. The van der Waals surface area contributed by atoms with E-state index in [-0.39, 0.29) is 19.2 Å². The zero-order valence-electron chi connectivity index (χ0n) is 16.9. The van der Waals surface area contributed by atoms with Crippen LogP contribution in [0, 0.1) is 5.21 Å². The van der Waals surface area contributed by atoms with Gasteiger partial charge in [-0.2, -0.15) is 0 Å². The average molecular weight is 394 g/mol. The molecule has 28 heavy (non-hydrogen) atoms. The molecule has 2 atom stereocenters. The lowest BCUT2D eigenvalue weighted by atomic mass is 9.98. The Morgan fingerprint density at radius 3 is 2.61 bits per heavy atom. The van der Waals surface area contributed by atoms with Gasteiger partial charge in [0.1, 0.15) is 11.9 Å². The van der Waals surface area contributed by atoms with Crippen LogP contribution < -0.4 is 10.1 Å². The normalized spacial score (nSPS) is 19.9. The summed E-state index contributed by atoms with van der Waals surface area (Å²) < 4.78 is 5.19. The van der Waals surface area contributed by atoms with Crippen LogP contribution in [0.1, 0.15) is 51.5 Å². The first-order chi connectivity index (χ1) is 13.2. The first-order valence-electron chi connectivity index (χ1n) is 9.43. The molecule has 1 aromatic carbocycles. The van der Waals surface area contributed by atoms with Crippen LogP contribution in [-0.4, -0.2) is 53.0 Å². The van der Waals surface area contributed by atoms with Crippen LogP contribution in [0.4, 0.5) is 4.79 Å². The van der Waals surface area contributed by atoms with E-state index in [4.69, 9.17) is 14.7 Å². The molecule has 1 saturated carbocycles. The van der Waals surface area contributed by atoms with Gasteiger partial charge in [0.25, 0.3) is 0 Å². The highest BCUT2D eigenvalue weighted by molar-refractivity contribution is 5.64. The van der Waals surface area contributed by atoms with E-state index in [1.54, 1.807) is 7.11 Å². The van der Waals surface area contributed by atoms with Crippen molar-refractivity contribution < 1.29 is 24.4 Å². The number of carboxylic acid groups (broad SMARTS) is 1. The second-order valence-corrected chi connectivity index (χ2v) is 7.87. The zero-order chi connectivity index (χ0) is 20.7. The van der Waals surface area contributed by atoms with E-state index in [9.17, 15) is 10.0 Å². The monoisotopic (exact) mass is 394 g/mol. The van der Waals surface area contributed by atoms with E-state index in [0.717, 1.165) is 25.0 Å². The fraction of sp³-hybridized carbons (Fsp3) is 0.632. The highest BCUT2D eigenvalue weighted by atomic mass is 16.7. The van der Waals surface area contributed by atoms with E-state index < -0.39 is 11.6 Å². The lowest BCUT2D eigenvalue weighted by molar-refractivity contribution is -0.725. The van der Waals surface area contributed by atoms with Crippen molar-refractivity contribution in [3.05, 3.63) is 35.0 Å². The number of hydrogen-bond acceptors (Lipinski definition) is 5. The summed E-state index contributed by atoms with van der Waals surface area (Å²) in [5, 5.41) is 28.5. The lowest BCUT2D eigenvalue weighted by Gasteiger charge is -2.30. The molecule has 9 heteroatoms. The predicted octanol–water partition coefficient (Wildman–Crippen LogP) is 3.51. The Morgan fingerprint density at radius 1 is 1.36 bits per heavy atom. The predicted molar refractivity (Wildman–Crippen MR) is 103 cm³/mol. The van der Waals surface area contributed by atoms with Gasteiger partial charge in [0.15, 0.2) is 0 Å². The van der Waals surface area contributed by atoms with Gasteiger partial charge >= 0.3 is 6.09 Å². The summed E-state index contributed by atoms with van der Waals surface area (Å²) in [6.07, 6.45) is 1.33. The smallest absolute Gasteiger partial charge is 0.404 e. The summed E-state index contributed by atoms with van der Waals surface area (Å²) in [5.74, 6) is 1.19. The first kappa shape index (κ1) is 21.6. The molecule has 0 heterocycles. The Morgan fingerprint density at radius 2 is 2.04 bits per heavy atom.